The Kier molecular flexibility index (Phi) is 23.9. The van der Waals surface area contributed by atoms with Gasteiger partial charge in [-0.25, -0.2) is 0 Å². The first kappa shape index (κ1) is 30.6. The van der Waals surface area contributed by atoms with Gasteiger partial charge in [-0.1, -0.05) is 0 Å². The Balaban J connectivity index is -0.0000000453. The van der Waals surface area contributed by atoms with E-state index in [0.29, 0.717) is 0 Å². The molecule has 0 aromatic heterocycles. The zero-order valence-electron chi connectivity index (χ0n) is 8.29. The van der Waals surface area contributed by atoms with E-state index in [1.807, 2.05) is 0 Å². The second-order valence-electron chi connectivity index (χ2n) is 1.34. The molecule has 0 saturated carbocycles. The molecule has 0 aliphatic carbocycles. The maximum Gasteiger partial charge on any atom is 2.00 e. The van der Waals surface area contributed by atoms with Crippen LogP contribution in [0.4, 0.5) is 0 Å². The van der Waals surface area contributed by atoms with Crippen molar-refractivity contribution in [1.29, 1.82) is 0 Å². The quantitative estimate of drug-likeness (QED) is 0.155. The Morgan fingerprint density at radius 1 is 0.632 bits per heavy atom. The van der Waals surface area contributed by atoms with E-state index < -0.39 is 31.0 Å². The molecule has 0 rings (SSSR count). The summed E-state index contributed by atoms with van der Waals surface area (Å²) in [4.78, 5) is 16.5. The van der Waals surface area contributed by atoms with Crippen LogP contribution in [0, 0.1) is 30.6 Å². The normalized spacial score (nSPS) is 8.63. The van der Waals surface area contributed by atoms with Gasteiger partial charge in [0.05, 0.1) is 10.2 Å². The Morgan fingerprint density at radius 2 is 0.632 bits per heavy atom. The third-order valence-electron chi connectivity index (χ3n) is 0. The molecule has 19 heteroatoms. The minimum absolute atomic E-state index is 0. The maximum atomic E-state index is 8.74. The summed E-state index contributed by atoms with van der Waals surface area (Å²) < 4.78 is 63.2. The summed E-state index contributed by atoms with van der Waals surface area (Å²) in [6.45, 7) is 0. The van der Waals surface area contributed by atoms with Crippen LogP contribution in [0.3, 0.4) is 0 Å². The third-order valence-corrected chi connectivity index (χ3v) is 0. The van der Waals surface area contributed by atoms with Crippen molar-refractivity contribution in [2.75, 3.05) is 0 Å². The average Bonchev–Trinajstić information content (AvgIpc) is 1.70. The molecule has 0 aliphatic rings. The van der Waals surface area contributed by atoms with Gasteiger partial charge in [-0.05, 0) is 0 Å². The van der Waals surface area contributed by atoms with Crippen LogP contribution in [0.25, 0.3) is 0 Å². The van der Waals surface area contributed by atoms with Gasteiger partial charge in [-0.2, -0.15) is 16.8 Å². The fourth-order valence-electron chi connectivity index (χ4n) is 0. The second kappa shape index (κ2) is 14.8. The van der Waals surface area contributed by atoms with E-state index >= 15 is 0 Å². The van der Waals surface area contributed by atoms with E-state index in [4.69, 9.17) is 65.7 Å². The van der Waals surface area contributed by atoms with Crippen LogP contribution < -0.4 is 0 Å². The van der Waals surface area contributed by atoms with Crippen molar-refractivity contribution in [3.63, 3.8) is 0 Å². The average molecular weight is 386 g/mol. The molecule has 0 aromatic carbocycles. The van der Waals surface area contributed by atoms with Crippen LogP contribution in [-0.4, -0.2) is 45.2 Å². The Hall–Kier alpha value is -1.24. The summed E-state index contributed by atoms with van der Waals surface area (Å²) >= 11 is 0. The molecule has 0 fully saturated rings. The van der Waals surface area contributed by atoms with Gasteiger partial charge in [-0.3, -0.25) is 18.2 Å². The van der Waals surface area contributed by atoms with Gasteiger partial charge in [0, 0.05) is 0 Å². The molecular weight excluding hydrogens is 382 g/mol. The Bertz CT molecular complexity index is 350. The summed E-state index contributed by atoms with van der Waals surface area (Å²) in [6.07, 6.45) is 0. The maximum absolute atomic E-state index is 8.74. The van der Waals surface area contributed by atoms with E-state index in [9.17, 15) is 0 Å². The molecule has 0 aliphatic heterocycles. The minimum atomic E-state index is -4.67. The largest absolute Gasteiger partial charge is 2.00 e. The van der Waals surface area contributed by atoms with E-state index in [0.717, 1.165) is 0 Å². The van der Waals surface area contributed by atoms with Gasteiger partial charge in [0.2, 0.25) is 0 Å². The zero-order valence-corrected chi connectivity index (χ0v) is 12.9. The van der Waals surface area contributed by atoms with Gasteiger partial charge in [0.1, 0.15) is 0 Å². The molecule has 0 heterocycles. The number of nitrogens with zero attached hydrogens (tertiary/aromatic N) is 2. The molecule has 19 heavy (non-hydrogen) atoms. The molecule has 0 atom stereocenters. The minimum Gasteiger partial charge on any atom is -0.356 e. The summed E-state index contributed by atoms with van der Waals surface area (Å²) in [6, 6.07) is 0. The fraction of sp³-hybridized carbons (Fsp3) is 0. The van der Waals surface area contributed by atoms with E-state index in [1.54, 1.807) is 0 Å². The van der Waals surface area contributed by atoms with Crippen LogP contribution >= 0.6 is 0 Å². The van der Waals surface area contributed by atoms with Crippen molar-refractivity contribution < 1.29 is 64.7 Å². The molecule has 0 aromatic rings. The fourth-order valence-corrected chi connectivity index (χ4v) is 0. The van der Waals surface area contributed by atoms with E-state index in [2.05, 4.69) is 0 Å². The molecule has 112 valence electrons. The third kappa shape index (κ3) is 2390. The van der Waals surface area contributed by atoms with Gasteiger partial charge >= 0.3 is 40.3 Å². The molecule has 0 radical (unpaired) electrons. The predicted molar refractivity (Wildman–Crippen MR) is 49.1 cm³/mol. The van der Waals surface area contributed by atoms with Crippen LogP contribution in [0.2, 0.25) is 0 Å². The van der Waals surface area contributed by atoms with Crippen molar-refractivity contribution in [1.82, 2.24) is 0 Å². The van der Waals surface area contributed by atoms with Crippen LogP contribution in [-0.2, 0) is 40.3 Å². The summed E-state index contributed by atoms with van der Waals surface area (Å²) in [5, 5.41) is 29.5. The summed E-state index contributed by atoms with van der Waals surface area (Å²) in [5.74, 6) is 0. The SMILES string of the molecule is O=S(=O)(O)O.O=S(=O)(O)O.O=[N+]([O-])[O-].O=[N+]([O-])[O-].[Zn+2]. The van der Waals surface area contributed by atoms with Gasteiger partial charge in [0.25, 0.3) is 0 Å². The first-order valence-corrected chi connectivity index (χ1v) is 5.29. The van der Waals surface area contributed by atoms with Crippen molar-refractivity contribution in [3.8, 4) is 0 Å². The molecule has 4 N–H and O–H groups in total. The smallest absolute Gasteiger partial charge is 0.356 e. The number of hydrogen-bond acceptors (Lipinski definition) is 10. The van der Waals surface area contributed by atoms with E-state index in [1.165, 1.54) is 0 Å². The molecule has 0 bridgehead atoms. The topological polar surface area (TPSA) is 282 Å². The van der Waals surface area contributed by atoms with Gasteiger partial charge < -0.3 is 30.6 Å². The van der Waals surface area contributed by atoms with Gasteiger partial charge in [0.15, 0.2) is 0 Å². The first-order valence-electron chi connectivity index (χ1n) is 2.49. The molecule has 0 unspecified atom stereocenters. The van der Waals surface area contributed by atoms with Crippen molar-refractivity contribution >= 4 is 20.8 Å². The monoisotopic (exact) mass is 384 g/mol. The number of hydrogen-bond donors (Lipinski definition) is 4. The van der Waals surface area contributed by atoms with Crippen molar-refractivity contribution in [2.24, 2.45) is 0 Å². The molecular formula is H4N2O14S2Zn. The molecule has 0 saturated heterocycles. The van der Waals surface area contributed by atoms with Crippen LogP contribution in [0.5, 0.6) is 0 Å². The van der Waals surface area contributed by atoms with Crippen LogP contribution in [0.15, 0.2) is 0 Å². The second-order valence-corrected chi connectivity index (χ2v) is 3.13. The van der Waals surface area contributed by atoms with Crippen molar-refractivity contribution in [3.05, 3.63) is 30.6 Å². The summed E-state index contributed by atoms with van der Waals surface area (Å²) in [7, 11) is -9.33. The number of rotatable bonds is 0. The summed E-state index contributed by atoms with van der Waals surface area (Å²) in [5.41, 5.74) is 0. The van der Waals surface area contributed by atoms with Gasteiger partial charge in [-0.15, -0.1) is 0 Å². The zero-order chi connectivity index (χ0) is 16.2. The predicted octanol–water partition coefficient (Wildman–Crippen LogP) is -1.79. The van der Waals surface area contributed by atoms with Crippen molar-refractivity contribution in [2.45, 2.75) is 0 Å². The molecule has 0 spiro atoms. The Morgan fingerprint density at radius 3 is 0.632 bits per heavy atom. The molecule has 0 amide bonds. The van der Waals surface area contributed by atoms with E-state index in [-0.39, 0.29) is 19.5 Å². The Labute approximate surface area is 116 Å². The van der Waals surface area contributed by atoms with Crippen LogP contribution in [0.1, 0.15) is 0 Å². The first-order chi connectivity index (χ1) is 7.46. The standard InChI is InChI=1S/2NO3.2H2O4S.Zn/c2*2-1(3)4;2*1-5(2,3)4;/h;;2*(H2,1,2,3,4);/q2*-1;;;+2. The molecule has 16 nitrogen and oxygen atoms in total.